The quantitative estimate of drug-likeness (QED) is 0.581. The molecule has 1 aromatic rings. The summed E-state index contributed by atoms with van der Waals surface area (Å²) in [5, 5.41) is 8.59. The molecule has 0 N–H and O–H groups in total. The van der Waals surface area contributed by atoms with Crippen molar-refractivity contribution in [2.24, 2.45) is 0 Å². The molecular weight excluding hydrogens is 154 g/mol. The highest BCUT2D eigenvalue weighted by molar-refractivity contribution is 5.48. The fourth-order valence-electron chi connectivity index (χ4n) is 1.15. The molecule has 1 heterocycles. The predicted octanol–water partition coefficient (Wildman–Crippen LogP) is 1.68. The van der Waals surface area contributed by atoms with Gasteiger partial charge in [-0.05, 0) is 12.1 Å². The number of rotatable bonds is 0. The second-order valence-electron chi connectivity index (χ2n) is 2.58. The van der Waals surface area contributed by atoms with Crippen LogP contribution in [0.4, 0.5) is 0 Å². The van der Waals surface area contributed by atoms with E-state index < -0.39 is 0 Å². The first-order valence-corrected chi connectivity index (χ1v) is 3.67. The third-order valence-corrected chi connectivity index (χ3v) is 1.66. The van der Waals surface area contributed by atoms with E-state index in [1.807, 2.05) is 13.0 Å². The number of benzene rings is 1. The first kappa shape index (κ1) is 6.99. The molecule has 2 rings (SSSR count). The number of nitriles is 1. The van der Waals surface area contributed by atoms with Gasteiger partial charge in [0.2, 0.25) is 6.29 Å². The molecule has 0 saturated carbocycles. The molecule has 1 aromatic carbocycles. The lowest BCUT2D eigenvalue weighted by molar-refractivity contribution is 0.0678. The second-order valence-corrected chi connectivity index (χ2v) is 2.58. The lowest BCUT2D eigenvalue weighted by Crippen LogP contribution is -2.11. The monoisotopic (exact) mass is 161 g/mol. The number of fused-ring (bicyclic) bond motifs is 1. The van der Waals surface area contributed by atoms with Gasteiger partial charge in [0.15, 0.2) is 11.5 Å². The molecule has 0 bridgehead atoms. The summed E-state index contributed by atoms with van der Waals surface area (Å²) in [5.74, 6) is 1.36. The highest BCUT2D eigenvalue weighted by Gasteiger charge is 2.19. The zero-order valence-corrected chi connectivity index (χ0v) is 6.57. The summed E-state index contributed by atoms with van der Waals surface area (Å²) in [6, 6.07) is 7.17. The van der Waals surface area contributed by atoms with Gasteiger partial charge in [-0.15, -0.1) is 0 Å². The Kier molecular flexibility index (Phi) is 1.41. The zero-order chi connectivity index (χ0) is 8.55. The van der Waals surface area contributed by atoms with Gasteiger partial charge in [-0.1, -0.05) is 0 Å². The van der Waals surface area contributed by atoms with E-state index in [2.05, 4.69) is 0 Å². The van der Waals surface area contributed by atoms with E-state index in [4.69, 9.17) is 14.7 Å². The summed E-state index contributed by atoms with van der Waals surface area (Å²) in [6.07, 6.45) is -0.242. The summed E-state index contributed by atoms with van der Waals surface area (Å²) in [7, 11) is 0. The van der Waals surface area contributed by atoms with Gasteiger partial charge < -0.3 is 9.47 Å². The Bertz CT molecular complexity index is 354. The Labute approximate surface area is 70.1 Å². The molecule has 1 atom stereocenters. The van der Waals surface area contributed by atoms with Crippen LogP contribution in [0.3, 0.4) is 0 Å². The first-order valence-electron chi connectivity index (χ1n) is 3.67. The summed E-state index contributed by atoms with van der Waals surface area (Å²) < 4.78 is 10.6. The molecule has 0 fully saturated rings. The van der Waals surface area contributed by atoms with E-state index in [-0.39, 0.29) is 6.29 Å². The van der Waals surface area contributed by atoms with E-state index >= 15 is 0 Å². The van der Waals surface area contributed by atoms with Crippen LogP contribution < -0.4 is 9.47 Å². The Balaban J connectivity index is 2.44. The van der Waals surface area contributed by atoms with Crippen LogP contribution in [0.25, 0.3) is 0 Å². The number of hydrogen-bond donors (Lipinski definition) is 0. The Morgan fingerprint density at radius 3 is 2.83 bits per heavy atom. The maximum atomic E-state index is 8.59. The highest BCUT2D eigenvalue weighted by Crippen LogP contribution is 2.34. The lowest BCUT2D eigenvalue weighted by atomic mass is 10.2. The molecule has 60 valence electrons. The van der Waals surface area contributed by atoms with Crippen LogP contribution in [0, 0.1) is 11.3 Å². The van der Waals surface area contributed by atoms with Crippen molar-refractivity contribution in [1.29, 1.82) is 5.26 Å². The second kappa shape index (κ2) is 2.42. The standard InChI is InChI=1S/C9H7NO2/c1-6-11-8-3-2-7(5-10)4-9(8)12-6/h2-4,6H,1H3. The molecule has 1 aliphatic rings. The van der Waals surface area contributed by atoms with Gasteiger partial charge >= 0.3 is 0 Å². The number of nitrogens with zero attached hydrogens (tertiary/aromatic N) is 1. The molecule has 0 radical (unpaired) electrons. The van der Waals surface area contributed by atoms with Gasteiger partial charge in [0.25, 0.3) is 0 Å². The average molecular weight is 161 g/mol. The van der Waals surface area contributed by atoms with Crippen molar-refractivity contribution in [1.82, 2.24) is 0 Å². The topological polar surface area (TPSA) is 42.2 Å². The molecule has 0 spiro atoms. The fourth-order valence-corrected chi connectivity index (χ4v) is 1.15. The summed E-state index contributed by atoms with van der Waals surface area (Å²) >= 11 is 0. The molecule has 3 heteroatoms. The van der Waals surface area contributed by atoms with Crippen molar-refractivity contribution in [3.8, 4) is 17.6 Å². The van der Waals surface area contributed by atoms with Crippen LogP contribution in [0.5, 0.6) is 11.5 Å². The van der Waals surface area contributed by atoms with Crippen molar-refractivity contribution in [2.75, 3.05) is 0 Å². The van der Waals surface area contributed by atoms with Gasteiger partial charge in [-0.3, -0.25) is 0 Å². The smallest absolute Gasteiger partial charge is 0.238 e. The van der Waals surface area contributed by atoms with Gasteiger partial charge in [0.1, 0.15) is 0 Å². The maximum Gasteiger partial charge on any atom is 0.238 e. The highest BCUT2D eigenvalue weighted by atomic mass is 16.7. The SMILES string of the molecule is CC1Oc2ccc(C#N)cc2O1. The normalized spacial score (nSPS) is 18.8. The van der Waals surface area contributed by atoms with E-state index in [1.54, 1.807) is 18.2 Å². The minimum absolute atomic E-state index is 0.242. The van der Waals surface area contributed by atoms with Crippen LogP contribution in [-0.4, -0.2) is 6.29 Å². The molecule has 0 amide bonds. The Morgan fingerprint density at radius 2 is 2.08 bits per heavy atom. The summed E-state index contributed by atoms with van der Waals surface area (Å²) in [6.45, 7) is 1.81. The Morgan fingerprint density at radius 1 is 1.33 bits per heavy atom. The van der Waals surface area contributed by atoms with E-state index in [0.29, 0.717) is 17.1 Å². The number of ether oxygens (including phenoxy) is 2. The Hall–Kier alpha value is -1.69. The fraction of sp³-hybridized carbons (Fsp3) is 0.222. The minimum atomic E-state index is -0.242. The van der Waals surface area contributed by atoms with Gasteiger partial charge in [-0.25, -0.2) is 0 Å². The van der Waals surface area contributed by atoms with E-state index in [9.17, 15) is 0 Å². The van der Waals surface area contributed by atoms with Crippen LogP contribution in [0.15, 0.2) is 18.2 Å². The average Bonchev–Trinajstić information content (AvgIpc) is 2.43. The van der Waals surface area contributed by atoms with Gasteiger partial charge in [0.05, 0.1) is 11.6 Å². The zero-order valence-electron chi connectivity index (χ0n) is 6.57. The van der Waals surface area contributed by atoms with Gasteiger partial charge in [0, 0.05) is 13.0 Å². The van der Waals surface area contributed by atoms with Crippen molar-refractivity contribution in [3.63, 3.8) is 0 Å². The summed E-state index contributed by atoms with van der Waals surface area (Å²) in [4.78, 5) is 0. The van der Waals surface area contributed by atoms with Crippen molar-refractivity contribution in [2.45, 2.75) is 13.2 Å². The number of hydrogen-bond acceptors (Lipinski definition) is 3. The predicted molar refractivity (Wildman–Crippen MR) is 41.9 cm³/mol. The van der Waals surface area contributed by atoms with E-state index in [1.165, 1.54) is 0 Å². The molecule has 1 aliphatic heterocycles. The molecule has 0 saturated heterocycles. The molecular formula is C9H7NO2. The third kappa shape index (κ3) is 0.978. The van der Waals surface area contributed by atoms with E-state index in [0.717, 1.165) is 0 Å². The lowest BCUT2D eigenvalue weighted by Gasteiger charge is -1.99. The third-order valence-electron chi connectivity index (χ3n) is 1.66. The largest absolute Gasteiger partial charge is 0.451 e. The van der Waals surface area contributed by atoms with Crippen molar-refractivity contribution >= 4 is 0 Å². The summed E-state index contributed by atoms with van der Waals surface area (Å²) in [5.41, 5.74) is 0.589. The van der Waals surface area contributed by atoms with Crippen LogP contribution in [0.1, 0.15) is 12.5 Å². The molecule has 12 heavy (non-hydrogen) atoms. The van der Waals surface area contributed by atoms with Crippen molar-refractivity contribution in [3.05, 3.63) is 23.8 Å². The molecule has 3 nitrogen and oxygen atoms in total. The van der Waals surface area contributed by atoms with Crippen LogP contribution in [-0.2, 0) is 0 Å². The minimum Gasteiger partial charge on any atom is -0.451 e. The van der Waals surface area contributed by atoms with Crippen molar-refractivity contribution < 1.29 is 9.47 Å². The molecule has 1 unspecified atom stereocenters. The maximum absolute atomic E-state index is 8.59. The molecule has 0 aromatic heterocycles. The van der Waals surface area contributed by atoms with Gasteiger partial charge in [-0.2, -0.15) is 5.26 Å². The molecule has 0 aliphatic carbocycles. The first-order chi connectivity index (χ1) is 5.79. The van der Waals surface area contributed by atoms with Crippen LogP contribution in [0.2, 0.25) is 0 Å². The van der Waals surface area contributed by atoms with Crippen LogP contribution >= 0.6 is 0 Å².